The number of carbonyl (C=O) groups is 1. The zero-order chi connectivity index (χ0) is 14.2. The first kappa shape index (κ1) is 14.0. The Morgan fingerprint density at radius 3 is 2.63 bits per heavy atom. The van der Waals surface area contributed by atoms with Gasteiger partial charge in [0.25, 0.3) is 0 Å². The molecule has 1 fully saturated rings. The van der Waals surface area contributed by atoms with Gasteiger partial charge in [0.2, 0.25) is 0 Å². The molecule has 1 saturated heterocycles. The van der Waals surface area contributed by atoms with E-state index in [2.05, 4.69) is 0 Å². The van der Waals surface area contributed by atoms with Crippen molar-refractivity contribution in [3.8, 4) is 0 Å². The maximum Gasteiger partial charge on any atom is 0.417 e. The number of carboxylic acids is 1. The van der Waals surface area contributed by atoms with Crippen LogP contribution in [0.4, 0.5) is 18.9 Å². The molecule has 1 aromatic carbocycles. The number of anilines is 1. The van der Waals surface area contributed by atoms with E-state index in [4.69, 9.17) is 16.7 Å². The van der Waals surface area contributed by atoms with Gasteiger partial charge in [-0.1, -0.05) is 11.6 Å². The van der Waals surface area contributed by atoms with Crippen molar-refractivity contribution in [2.45, 2.75) is 12.6 Å². The Balaban J connectivity index is 2.25. The second-order valence-electron chi connectivity index (χ2n) is 4.43. The Morgan fingerprint density at radius 2 is 2.11 bits per heavy atom. The number of halogens is 4. The molecule has 2 rings (SSSR count). The summed E-state index contributed by atoms with van der Waals surface area (Å²) in [6.07, 6.45) is -4.08. The van der Waals surface area contributed by atoms with E-state index in [1.54, 1.807) is 4.90 Å². The Bertz CT molecular complexity index is 504. The molecule has 0 amide bonds. The molecule has 0 bridgehead atoms. The Labute approximate surface area is 112 Å². The van der Waals surface area contributed by atoms with Crippen molar-refractivity contribution in [2.75, 3.05) is 18.0 Å². The van der Waals surface area contributed by atoms with Gasteiger partial charge >= 0.3 is 12.1 Å². The van der Waals surface area contributed by atoms with Crippen molar-refractivity contribution in [1.82, 2.24) is 0 Å². The lowest BCUT2D eigenvalue weighted by Crippen LogP contribution is -2.23. The minimum Gasteiger partial charge on any atom is -0.481 e. The van der Waals surface area contributed by atoms with Gasteiger partial charge in [0.1, 0.15) is 0 Å². The number of alkyl halides is 3. The Kier molecular flexibility index (Phi) is 3.62. The summed E-state index contributed by atoms with van der Waals surface area (Å²) in [5.41, 5.74) is -0.550. The fourth-order valence-electron chi connectivity index (χ4n) is 2.12. The van der Waals surface area contributed by atoms with E-state index in [0.717, 1.165) is 6.07 Å². The molecule has 1 N–H and O–H groups in total. The van der Waals surface area contributed by atoms with E-state index < -0.39 is 23.6 Å². The van der Waals surface area contributed by atoms with E-state index in [9.17, 15) is 18.0 Å². The number of hydrogen-bond donors (Lipinski definition) is 1. The van der Waals surface area contributed by atoms with Crippen LogP contribution in [-0.2, 0) is 11.0 Å². The summed E-state index contributed by atoms with van der Waals surface area (Å²) in [5, 5.41) is 8.52. The van der Waals surface area contributed by atoms with Crippen LogP contribution in [0.15, 0.2) is 18.2 Å². The summed E-state index contributed by atoms with van der Waals surface area (Å²) in [5.74, 6) is -1.46. The molecule has 7 heteroatoms. The van der Waals surface area contributed by atoms with Crippen LogP contribution < -0.4 is 4.90 Å². The van der Waals surface area contributed by atoms with Gasteiger partial charge in [-0.3, -0.25) is 4.79 Å². The Morgan fingerprint density at radius 1 is 1.42 bits per heavy atom. The highest BCUT2D eigenvalue weighted by Gasteiger charge is 2.35. The second kappa shape index (κ2) is 4.92. The molecule has 0 spiro atoms. The van der Waals surface area contributed by atoms with E-state index in [-0.39, 0.29) is 11.6 Å². The molecule has 3 nitrogen and oxygen atoms in total. The highest BCUT2D eigenvalue weighted by molar-refractivity contribution is 6.31. The number of benzene rings is 1. The lowest BCUT2D eigenvalue weighted by molar-refractivity contribution is -0.141. The summed E-state index contributed by atoms with van der Waals surface area (Å²) in [6.45, 7) is 0.643. The first-order valence-electron chi connectivity index (χ1n) is 5.63. The molecule has 0 radical (unpaired) electrons. The van der Waals surface area contributed by atoms with E-state index >= 15 is 0 Å². The fraction of sp³-hybridized carbons (Fsp3) is 0.417. The van der Waals surface area contributed by atoms with Crippen molar-refractivity contribution in [2.24, 2.45) is 5.92 Å². The predicted octanol–water partition coefficient (Wildman–Crippen LogP) is 3.27. The maximum absolute atomic E-state index is 12.7. The summed E-state index contributed by atoms with van der Waals surface area (Å²) in [4.78, 5) is 12.5. The molecule has 1 aliphatic heterocycles. The van der Waals surface area contributed by atoms with Gasteiger partial charge < -0.3 is 10.0 Å². The SMILES string of the molecule is O=C(O)[C@@H]1CCN(c2ccc(Cl)c(C(F)(F)F)c2)C1. The number of rotatable bonds is 2. The normalized spacial score (nSPS) is 19.8. The lowest BCUT2D eigenvalue weighted by atomic mass is 10.1. The first-order chi connectivity index (χ1) is 8.79. The molecule has 0 aliphatic carbocycles. The van der Waals surface area contributed by atoms with Crippen LogP contribution in [0.3, 0.4) is 0 Å². The quantitative estimate of drug-likeness (QED) is 0.910. The second-order valence-corrected chi connectivity index (χ2v) is 4.84. The largest absolute Gasteiger partial charge is 0.481 e. The van der Waals surface area contributed by atoms with Crippen LogP contribution in [0.25, 0.3) is 0 Å². The third-order valence-corrected chi connectivity index (χ3v) is 3.49. The highest BCUT2D eigenvalue weighted by Crippen LogP contribution is 2.37. The number of carboxylic acid groups (broad SMARTS) is 1. The number of aliphatic carboxylic acids is 1. The van der Waals surface area contributed by atoms with Crippen molar-refractivity contribution >= 4 is 23.3 Å². The topological polar surface area (TPSA) is 40.5 Å². The molecular weight excluding hydrogens is 283 g/mol. The van der Waals surface area contributed by atoms with Crippen LogP contribution in [-0.4, -0.2) is 24.2 Å². The van der Waals surface area contributed by atoms with Gasteiger partial charge in [0.05, 0.1) is 16.5 Å². The lowest BCUT2D eigenvalue weighted by Gasteiger charge is -2.20. The fourth-order valence-corrected chi connectivity index (χ4v) is 2.35. The average molecular weight is 294 g/mol. The van der Waals surface area contributed by atoms with Gasteiger partial charge in [-0.2, -0.15) is 13.2 Å². The monoisotopic (exact) mass is 293 g/mol. The minimum atomic E-state index is -4.51. The van der Waals surface area contributed by atoms with Gasteiger partial charge in [0.15, 0.2) is 0 Å². The molecule has 19 heavy (non-hydrogen) atoms. The first-order valence-corrected chi connectivity index (χ1v) is 6.01. The van der Waals surface area contributed by atoms with Crippen LogP contribution >= 0.6 is 11.6 Å². The van der Waals surface area contributed by atoms with Crippen molar-refractivity contribution < 1.29 is 23.1 Å². The van der Waals surface area contributed by atoms with Crippen LogP contribution in [0.2, 0.25) is 5.02 Å². The standard InChI is InChI=1S/C12H11ClF3NO2/c13-10-2-1-8(5-9(10)12(14,15)16)17-4-3-7(6-17)11(18)19/h1-2,5,7H,3-4,6H2,(H,18,19)/t7-/m1/s1. The molecule has 1 heterocycles. The number of nitrogens with zero attached hydrogens (tertiary/aromatic N) is 1. The molecule has 1 aliphatic rings. The predicted molar refractivity (Wildman–Crippen MR) is 64.4 cm³/mol. The molecule has 0 unspecified atom stereocenters. The van der Waals surface area contributed by atoms with Crippen LogP contribution in [0.5, 0.6) is 0 Å². The van der Waals surface area contributed by atoms with Crippen molar-refractivity contribution in [3.05, 3.63) is 28.8 Å². The molecule has 1 atom stereocenters. The molecule has 0 saturated carbocycles. The summed E-state index contributed by atoms with van der Waals surface area (Å²) >= 11 is 5.53. The maximum atomic E-state index is 12.7. The Hall–Kier alpha value is -1.43. The smallest absolute Gasteiger partial charge is 0.417 e. The van der Waals surface area contributed by atoms with Crippen LogP contribution in [0.1, 0.15) is 12.0 Å². The van der Waals surface area contributed by atoms with Gasteiger partial charge in [-0.05, 0) is 24.6 Å². The van der Waals surface area contributed by atoms with E-state index in [1.165, 1.54) is 12.1 Å². The van der Waals surface area contributed by atoms with Crippen molar-refractivity contribution in [1.29, 1.82) is 0 Å². The van der Waals surface area contributed by atoms with Gasteiger partial charge in [-0.25, -0.2) is 0 Å². The minimum absolute atomic E-state index is 0.217. The molecular formula is C12H11ClF3NO2. The third kappa shape index (κ3) is 2.94. The van der Waals surface area contributed by atoms with Crippen LogP contribution in [0, 0.1) is 5.92 Å². The van der Waals surface area contributed by atoms with Gasteiger partial charge in [0, 0.05) is 18.8 Å². The summed E-state index contributed by atoms with van der Waals surface area (Å²) in [6, 6.07) is 3.63. The van der Waals surface area contributed by atoms with Gasteiger partial charge in [-0.15, -0.1) is 0 Å². The van der Waals surface area contributed by atoms with E-state index in [0.29, 0.717) is 18.7 Å². The third-order valence-electron chi connectivity index (χ3n) is 3.16. The summed E-state index contributed by atoms with van der Waals surface area (Å²) in [7, 11) is 0. The zero-order valence-electron chi connectivity index (χ0n) is 9.75. The summed E-state index contributed by atoms with van der Waals surface area (Å²) < 4.78 is 38.2. The molecule has 1 aromatic rings. The number of hydrogen-bond acceptors (Lipinski definition) is 2. The molecule has 0 aromatic heterocycles. The molecule has 104 valence electrons. The zero-order valence-corrected chi connectivity index (χ0v) is 10.5. The highest BCUT2D eigenvalue weighted by atomic mass is 35.5. The van der Waals surface area contributed by atoms with E-state index in [1.807, 2.05) is 0 Å². The van der Waals surface area contributed by atoms with Crippen molar-refractivity contribution in [3.63, 3.8) is 0 Å². The average Bonchev–Trinajstić information content (AvgIpc) is 2.77.